The number of rotatable bonds is 4. The summed E-state index contributed by atoms with van der Waals surface area (Å²) in [6.45, 7) is 0. The van der Waals surface area contributed by atoms with E-state index in [2.05, 4.69) is 33.2 Å². The second kappa shape index (κ2) is 6.53. The van der Waals surface area contributed by atoms with Gasteiger partial charge in [-0.2, -0.15) is 0 Å². The summed E-state index contributed by atoms with van der Waals surface area (Å²) in [4.78, 5) is 22.6. The molecule has 0 bridgehead atoms. The molecule has 108 valence electrons. The minimum absolute atomic E-state index is 0.0664. The average Bonchev–Trinajstić information content (AvgIpc) is 2.48. The topological polar surface area (TPSA) is 84.3 Å². The van der Waals surface area contributed by atoms with Crippen molar-refractivity contribution >= 4 is 45.6 Å². The zero-order valence-electron chi connectivity index (χ0n) is 11.1. The van der Waals surface area contributed by atoms with E-state index in [4.69, 9.17) is 0 Å². The Morgan fingerprint density at radius 3 is 2.52 bits per heavy atom. The molecule has 21 heavy (non-hydrogen) atoms. The summed E-state index contributed by atoms with van der Waals surface area (Å²) in [7, 11) is 1.57. The third-order valence-corrected chi connectivity index (χ3v) is 3.79. The molecule has 2 rings (SSSR count). The van der Waals surface area contributed by atoms with E-state index in [9.17, 15) is 14.9 Å². The Balaban J connectivity index is 2.28. The van der Waals surface area contributed by atoms with Gasteiger partial charge in [0.25, 0.3) is 11.6 Å². The SMILES string of the molecule is CNc1cc(C(=O)Nc2ccccc2I)ccc1[N+](=O)[O-]. The minimum atomic E-state index is -0.492. The highest BCUT2D eigenvalue weighted by atomic mass is 127. The van der Waals surface area contributed by atoms with Crippen LogP contribution in [0.1, 0.15) is 10.4 Å². The number of nitrogens with one attached hydrogen (secondary N) is 2. The van der Waals surface area contributed by atoms with Crippen LogP contribution >= 0.6 is 22.6 Å². The Hall–Kier alpha value is -2.16. The van der Waals surface area contributed by atoms with Crippen molar-refractivity contribution in [1.29, 1.82) is 0 Å². The smallest absolute Gasteiger partial charge is 0.292 e. The number of nitrogens with zero attached hydrogens (tertiary/aromatic N) is 1. The largest absolute Gasteiger partial charge is 0.383 e. The van der Waals surface area contributed by atoms with Crippen molar-refractivity contribution in [3.8, 4) is 0 Å². The molecule has 2 N–H and O–H groups in total. The highest BCUT2D eigenvalue weighted by Gasteiger charge is 2.16. The summed E-state index contributed by atoms with van der Waals surface area (Å²) in [6.07, 6.45) is 0. The molecule has 2 aromatic rings. The maximum absolute atomic E-state index is 12.2. The molecule has 7 heteroatoms. The van der Waals surface area contributed by atoms with Gasteiger partial charge in [-0.15, -0.1) is 0 Å². The van der Waals surface area contributed by atoms with Gasteiger partial charge in [0.05, 0.1) is 10.6 Å². The van der Waals surface area contributed by atoms with Gasteiger partial charge in [0.1, 0.15) is 5.69 Å². The maximum Gasteiger partial charge on any atom is 0.292 e. The first-order valence-corrected chi connectivity index (χ1v) is 7.13. The van der Waals surface area contributed by atoms with Crippen molar-refractivity contribution in [2.75, 3.05) is 17.7 Å². The van der Waals surface area contributed by atoms with Gasteiger partial charge < -0.3 is 10.6 Å². The van der Waals surface area contributed by atoms with Crippen molar-refractivity contribution < 1.29 is 9.72 Å². The molecule has 0 saturated carbocycles. The lowest BCUT2D eigenvalue weighted by Gasteiger charge is -2.08. The molecule has 0 aromatic heterocycles. The third-order valence-electron chi connectivity index (χ3n) is 2.85. The first kappa shape index (κ1) is 15.2. The van der Waals surface area contributed by atoms with E-state index in [1.165, 1.54) is 18.2 Å². The number of benzene rings is 2. The molecule has 0 saturated heterocycles. The Morgan fingerprint density at radius 1 is 1.19 bits per heavy atom. The number of para-hydroxylation sites is 1. The molecule has 1 amide bonds. The number of nitro groups is 1. The zero-order chi connectivity index (χ0) is 15.4. The summed E-state index contributed by atoms with van der Waals surface area (Å²) >= 11 is 2.12. The zero-order valence-corrected chi connectivity index (χ0v) is 13.2. The summed E-state index contributed by atoms with van der Waals surface area (Å²) in [6, 6.07) is 11.6. The lowest BCUT2D eigenvalue weighted by molar-refractivity contribution is -0.383. The van der Waals surface area contributed by atoms with Crippen molar-refractivity contribution in [3.05, 3.63) is 61.7 Å². The van der Waals surface area contributed by atoms with Gasteiger partial charge in [-0.3, -0.25) is 14.9 Å². The van der Waals surface area contributed by atoms with Gasteiger partial charge in [0, 0.05) is 22.2 Å². The highest BCUT2D eigenvalue weighted by molar-refractivity contribution is 14.1. The fourth-order valence-electron chi connectivity index (χ4n) is 1.79. The van der Waals surface area contributed by atoms with Gasteiger partial charge in [-0.1, -0.05) is 12.1 Å². The van der Waals surface area contributed by atoms with E-state index in [1.807, 2.05) is 18.2 Å². The molecular weight excluding hydrogens is 385 g/mol. The Kier molecular flexibility index (Phi) is 4.73. The molecule has 0 atom stereocenters. The number of amides is 1. The molecule has 6 nitrogen and oxygen atoms in total. The van der Waals surface area contributed by atoms with Crippen LogP contribution in [0.15, 0.2) is 42.5 Å². The molecule has 0 aliphatic rings. The molecule has 0 spiro atoms. The lowest BCUT2D eigenvalue weighted by Crippen LogP contribution is -2.13. The first-order chi connectivity index (χ1) is 10.0. The Morgan fingerprint density at radius 2 is 1.90 bits per heavy atom. The molecule has 2 aromatic carbocycles. The second-order valence-corrected chi connectivity index (χ2v) is 5.34. The Labute approximate surface area is 134 Å². The molecule has 0 unspecified atom stereocenters. The van der Waals surface area contributed by atoms with E-state index >= 15 is 0 Å². The van der Waals surface area contributed by atoms with E-state index < -0.39 is 4.92 Å². The maximum atomic E-state index is 12.2. The van der Waals surface area contributed by atoms with Crippen LogP contribution in [0.4, 0.5) is 17.1 Å². The number of carbonyl (C=O) groups is 1. The van der Waals surface area contributed by atoms with Crippen LogP contribution in [0.5, 0.6) is 0 Å². The van der Waals surface area contributed by atoms with Crippen molar-refractivity contribution in [3.63, 3.8) is 0 Å². The highest BCUT2D eigenvalue weighted by Crippen LogP contribution is 2.25. The molecule has 0 heterocycles. The summed E-state index contributed by atoms with van der Waals surface area (Å²) in [5.41, 5.74) is 1.29. The van der Waals surface area contributed by atoms with E-state index in [1.54, 1.807) is 13.1 Å². The second-order valence-electron chi connectivity index (χ2n) is 4.17. The standard InChI is InChI=1S/C14H12IN3O3/c1-16-12-8-9(6-7-13(12)18(20)21)14(19)17-11-5-3-2-4-10(11)15/h2-8,16H,1H3,(H,17,19). The fraction of sp³-hybridized carbons (Fsp3) is 0.0714. The van der Waals surface area contributed by atoms with Crippen molar-refractivity contribution in [2.24, 2.45) is 0 Å². The van der Waals surface area contributed by atoms with Gasteiger partial charge in [0.2, 0.25) is 0 Å². The summed E-state index contributed by atoms with van der Waals surface area (Å²) in [5, 5.41) is 16.4. The van der Waals surface area contributed by atoms with E-state index in [0.717, 1.165) is 3.57 Å². The lowest BCUT2D eigenvalue weighted by atomic mass is 10.1. The van der Waals surface area contributed by atoms with Gasteiger partial charge in [-0.25, -0.2) is 0 Å². The van der Waals surface area contributed by atoms with Gasteiger partial charge in [0.15, 0.2) is 0 Å². The first-order valence-electron chi connectivity index (χ1n) is 6.05. The molecule has 0 aliphatic carbocycles. The predicted octanol–water partition coefficient (Wildman–Crippen LogP) is 3.49. The van der Waals surface area contributed by atoms with Crippen LogP contribution in [0.2, 0.25) is 0 Å². The predicted molar refractivity (Wildman–Crippen MR) is 89.8 cm³/mol. The van der Waals surface area contributed by atoms with Crippen molar-refractivity contribution in [1.82, 2.24) is 0 Å². The number of anilines is 2. The van der Waals surface area contributed by atoms with Crippen LogP contribution in [0, 0.1) is 13.7 Å². The average molecular weight is 397 g/mol. The summed E-state index contributed by atoms with van der Waals surface area (Å²) in [5.74, 6) is -0.314. The molecule has 0 fully saturated rings. The number of nitro benzene ring substituents is 1. The van der Waals surface area contributed by atoms with Crippen LogP contribution in [0.3, 0.4) is 0 Å². The normalized spacial score (nSPS) is 10.0. The van der Waals surface area contributed by atoms with Crippen LogP contribution < -0.4 is 10.6 Å². The fourth-order valence-corrected chi connectivity index (χ4v) is 2.32. The number of carbonyl (C=O) groups excluding carboxylic acids is 1. The quantitative estimate of drug-likeness (QED) is 0.470. The van der Waals surface area contributed by atoms with Crippen LogP contribution in [-0.2, 0) is 0 Å². The third kappa shape index (κ3) is 3.48. The molecule has 0 radical (unpaired) electrons. The number of hydrogen-bond donors (Lipinski definition) is 2. The molecular formula is C14H12IN3O3. The Bertz CT molecular complexity index is 704. The van der Waals surface area contributed by atoms with Gasteiger partial charge in [-0.05, 0) is 46.9 Å². The number of halogens is 1. The van der Waals surface area contributed by atoms with Crippen LogP contribution in [0.25, 0.3) is 0 Å². The van der Waals surface area contributed by atoms with Crippen LogP contribution in [-0.4, -0.2) is 17.9 Å². The number of hydrogen-bond acceptors (Lipinski definition) is 4. The van der Waals surface area contributed by atoms with Crippen molar-refractivity contribution in [2.45, 2.75) is 0 Å². The summed E-state index contributed by atoms with van der Waals surface area (Å²) < 4.78 is 0.916. The van der Waals surface area contributed by atoms with Gasteiger partial charge >= 0.3 is 0 Å². The van der Waals surface area contributed by atoms with E-state index in [0.29, 0.717) is 16.9 Å². The minimum Gasteiger partial charge on any atom is -0.383 e. The molecule has 0 aliphatic heterocycles. The monoisotopic (exact) mass is 397 g/mol. The van der Waals surface area contributed by atoms with E-state index in [-0.39, 0.29) is 11.6 Å².